The average Bonchev–Trinajstić information content (AvgIpc) is 2.48. The minimum atomic E-state index is -0.359. The molecule has 0 saturated heterocycles. The van der Waals surface area contributed by atoms with Gasteiger partial charge in [0.15, 0.2) is 0 Å². The molecular weight excluding hydrogens is 266 g/mol. The Labute approximate surface area is 124 Å². The van der Waals surface area contributed by atoms with Crippen LogP contribution >= 0.6 is 0 Å². The molecule has 0 aliphatic rings. The fourth-order valence-electron chi connectivity index (χ4n) is 2.00. The smallest absolute Gasteiger partial charge is 0.338 e. The van der Waals surface area contributed by atoms with Crippen molar-refractivity contribution in [2.24, 2.45) is 0 Å². The number of pyridine rings is 1. The Morgan fingerprint density at radius 3 is 2.71 bits per heavy atom. The van der Waals surface area contributed by atoms with Crippen LogP contribution in [0.2, 0.25) is 0 Å². The number of rotatable bonds is 6. The van der Waals surface area contributed by atoms with Gasteiger partial charge in [-0.25, -0.2) is 9.78 Å². The van der Waals surface area contributed by atoms with Crippen molar-refractivity contribution in [2.45, 2.75) is 26.4 Å². The molecule has 2 aromatic rings. The third-order valence-corrected chi connectivity index (χ3v) is 2.94. The zero-order valence-electron chi connectivity index (χ0n) is 12.3. The highest BCUT2D eigenvalue weighted by atomic mass is 16.5. The lowest BCUT2D eigenvalue weighted by Gasteiger charge is -2.13. The fraction of sp³-hybridized carbons (Fsp3) is 0.294. The highest BCUT2D eigenvalue weighted by Gasteiger charge is 2.13. The molecule has 4 nitrogen and oxygen atoms in total. The van der Waals surface area contributed by atoms with Crippen molar-refractivity contribution in [1.29, 1.82) is 0 Å². The summed E-state index contributed by atoms with van der Waals surface area (Å²) in [6.07, 6.45) is 2.04. The van der Waals surface area contributed by atoms with Crippen LogP contribution < -0.4 is 4.74 Å². The van der Waals surface area contributed by atoms with E-state index < -0.39 is 0 Å². The molecule has 0 aliphatic carbocycles. The Bertz CT molecular complexity index is 584. The van der Waals surface area contributed by atoms with Crippen LogP contribution in [0.4, 0.5) is 0 Å². The van der Waals surface area contributed by atoms with Gasteiger partial charge in [0.1, 0.15) is 6.10 Å². The van der Waals surface area contributed by atoms with E-state index in [2.05, 4.69) is 4.98 Å². The van der Waals surface area contributed by atoms with Gasteiger partial charge >= 0.3 is 5.97 Å². The van der Waals surface area contributed by atoms with Crippen LogP contribution in [0.5, 0.6) is 5.88 Å². The van der Waals surface area contributed by atoms with Crippen molar-refractivity contribution < 1.29 is 14.3 Å². The van der Waals surface area contributed by atoms with E-state index in [1.807, 2.05) is 44.2 Å². The normalized spacial score (nSPS) is 11.7. The molecule has 0 aliphatic heterocycles. The number of hydrogen-bond donors (Lipinski definition) is 0. The van der Waals surface area contributed by atoms with E-state index in [1.165, 1.54) is 0 Å². The molecule has 0 radical (unpaired) electrons. The van der Waals surface area contributed by atoms with E-state index in [1.54, 1.807) is 18.3 Å². The molecule has 0 spiro atoms. The summed E-state index contributed by atoms with van der Waals surface area (Å²) in [7, 11) is 0. The summed E-state index contributed by atoms with van der Waals surface area (Å²) in [6.45, 7) is 4.26. The average molecular weight is 285 g/mol. The van der Waals surface area contributed by atoms with Crippen LogP contribution in [0.3, 0.4) is 0 Å². The molecule has 0 bridgehead atoms. The van der Waals surface area contributed by atoms with Gasteiger partial charge in [0.2, 0.25) is 5.88 Å². The number of aromatic nitrogens is 1. The van der Waals surface area contributed by atoms with Crippen molar-refractivity contribution in [2.75, 3.05) is 6.61 Å². The summed E-state index contributed by atoms with van der Waals surface area (Å²) in [5, 5.41) is 0. The van der Waals surface area contributed by atoms with Crippen LogP contribution in [0.15, 0.2) is 48.7 Å². The minimum absolute atomic E-state index is 0.191. The molecule has 1 atom stereocenters. The molecule has 0 N–H and O–H groups in total. The Morgan fingerprint density at radius 1 is 1.24 bits per heavy atom. The maximum atomic E-state index is 12.1. The Balaban J connectivity index is 1.96. The quantitative estimate of drug-likeness (QED) is 0.764. The van der Waals surface area contributed by atoms with Gasteiger partial charge in [-0.3, -0.25) is 0 Å². The lowest BCUT2D eigenvalue weighted by molar-refractivity contribution is 0.0342. The summed E-state index contributed by atoms with van der Waals surface area (Å²) in [4.78, 5) is 16.1. The first-order valence-electron chi connectivity index (χ1n) is 7.02. The van der Waals surface area contributed by atoms with Gasteiger partial charge in [0.05, 0.1) is 12.2 Å². The first-order chi connectivity index (χ1) is 10.2. The zero-order valence-corrected chi connectivity index (χ0v) is 12.3. The molecular formula is C17H19NO3. The van der Waals surface area contributed by atoms with Crippen molar-refractivity contribution in [1.82, 2.24) is 4.98 Å². The van der Waals surface area contributed by atoms with E-state index in [0.29, 0.717) is 24.5 Å². The molecule has 1 unspecified atom stereocenters. The second-order valence-electron chi connectivity index (χ2n) is 4.72. The first-order valence-corrected chi connectivity index (χ1v) is 7.02. The first kappa shape index (κ1) is 15.0. The molecule has 2 rings (SSSR count). The maximum absolute atomic E-state index is 12.1. The molecule has 0 fully saturated rings. The van der Waals surface area contributed by atoms with Gasteiger partial charge < -0.3 is 9.47 Å². The topological polar surface area (TPSA) is 48.4 Å². The monoisotopic (exact) mass is 285 g/mol. The Morgan fingerprint density at radius 2 is 2.00 bits per heavy atom. The molecule has 1 aromatic heterocycles. The summed E-state index contributed by atoms with van der Waals surface area (Å²) in [5.41, 5.74) is 1.59. The SMILES string of the molecule is CCOc1cc(C(=O)OC(C)Cc2ccccc2)ccn1. The minimum Gasteiger partial charge on any atom is -0.478 e. The van der Waals surface area contributed by atoms with Crippen LogP contribution in [0.25, 0.3) is 0 Å². The Hall–Kier alpha value is -2.36. The Kier molecular flexibility index (Phi) is 5.32. The lowest BCUT2D eigenvalue weighted by atomic mass is 10.1. The van der Waals surface area contributed by atoms with Crippen LogP contribution in [0, 0.1) is 0 Å². The number of nitrogens with zero attached hydrogens (tertiary/aromatic N) is 1. The van der Waals surface area contributed by atoms with E-state index >= 15 is 0 Å². The van der Waals surface area contributed by atoms with Gasteiger partial charge in [-0.2, -0.15) is 0 Å². The molecule has 4 heteroatoms. The van der Waals surface area contributed by atoms with Crippen LogP contribution in [0.1, 0.15) is 29.8 Å². The highest BCUT2D eigenvalue weighted by molar-refractivity contribution is 5.89. The van der Waals surface area contributed by atoms with Gasteiger partial charge in [0.25, 0.3) is 0 Å². The zero-order chi connectivity index (χ0) is 15.1. The number of carbonyl (C=O) groups excluding carboxylic acids is 1. The van der Waals surface area contributed by atoms with Crippen molar-refractivity contribution in [3.05, 3.63) is 59.8 Å². The molecule has 1 heterocycles. The number of benzene rings is 1. The fourth-order valence-corrected chi connectivity index (χ4v) is 2.00. The molecule has 0 saturated carbocycles. The third kappa shape index (κ3) is 4.60. The molecule has 21 heavy (non-hydrogen) atoms. The van der Waals surface area contributed by atoms with Gasteiger partial charge in [-0.05, 0) is 25.5 Å². The number of ether oxygens (including phenoxy) is 2. The second-order valence-corrected chi connectivity index (χ2v) is 4.72. The van der Waals surface area contributed by atoms with E-state index in [0.717, 1.165) is 5.56 Å². The van der Waals surface area contributed by atoms with E-state index in [9.17, 15) is 4.79 Å². The third-order valence-electron chi connectivity index (χ3n) is 2.94. The van der Waals surface area contributed by atoms with E-state index in [4.69, 9.17) is 9.47 Å². The standard InChI is InChI=1S/C17H19NO3/c1-3-20-16-12-15(9-10-18-16)17(19)21-13(2)11-14-7-5-4-6-8-14/h4-10,12-13H,3,11H2,1-2H3. The molecule has 110 valence electrons. The number of carbonyl (C=O) groups is 1. The lowest BCUT2D eigenvalue weighted by Crippen LogP contribution is -2.17. The second kappa shape index (κ2) is 7.43. The van der Waals surface area contributed by atoms with Crippen molar-refractivity contribution >= 4 is 5.97 Å². The van der Waals surface area contributed by atoms with Crippen molar-refractivity contribution in [3.8, 4) is 5.88 Å². The predicted molar refractivity (Wildman–Crippen MR) is 80.4 cm³/mol. The summed E-state index contributed by atoms with van der Waals surface area (Å²) in [5.74, 6) is 0.0736. The molecule has 0 amide bonds. The number of hydrogen-bond acceptors (Lipinski definition) is 4. The maximum Gasteiger partial charge on any atom is 0.338 e. The van der Waals surface area contributed by atoms with Crippen LogP contribution in [-0.2, 0) is 11.2 Å². The van der Waals surface area contributed by atoms with Gasteiger partial charge in [-0.1, -0.05) is 30.3 Å². The summed E-state index contributed by atoms with van der Waals surface area (Å²) < 4.78 is 10.7. The highest BCUT2D eigenvalue weighted by Crippen LogP contribution is 2.13. The summed E-state index contributed by atoms with van der Waals surface area (Å²) >= 11 is 0. The number of esters is 1. The van der Waals surface area contributed by atoms with Gasteiger partial charge in [-0.15, -0.1) is 0 Å². The van der Waals surface area contributed by atoms with E-state index in [-0.39, 0.29) is 12.1 Å². The largest absolute Gasteiger partial charge is 0.478 e. The van der Waals surface area contributed by atoms with Crippen LogP contribution in [-0.4, -0.2) is 23.7 Å². The van der Waals surface area contributed by atoms with Gasteiger partial charge in [0, 0.05) is 18.7 Å². The molecule has 1 aromatic carbocycles. The predicted octanol–water partition coefficient (Wildman–Crippen LogP) is 3.27. The summed E-state index contributed by atoms with van der Waals surface area (Å²) in [6, 6.07) is 13.2. The van der Waals surface area contributed by atoms with Crippen molar-refractivity contribution in [3.63, 3.8) is 0 Å².